The minimum atomic E-state index is -4.53. The van der Waals surface area contributed by atoms with Gasteiger partial charge in [-0.05, 0) is 64.2 Å². The zero-order valence-electron chi connectivity index (χ0n) is 39.5. The Morgan fingerprint density at radius 2 is 0.949 bits per heavy atom. The van der Waals surface area contributed by atoms with E-state index >= 15 is 0 Å². The van der Waals surface area contributed by atoms with E-state index in [1.165, 1.54) is 148 Å². The summed E-state index contributed by atoms with van der Waals surface area (Å²) in [6, 6.07) is 0. The third-order valence-electron chi connectivity index (χ3n) is 10.7. The first-order chi connectivity index (χ1) is 28.6. The number of carbonyl (C=O) groups is 1. The molecule has 0 saturated carbocycles. The van der Waals surface area contributed by atoms with Crippen LogP contribution < -0.4 is 4.89 Å². The maximum atomic E-state index is 12.7. The van der Waals surface area contributed by atoms with Crippen molar-refractivity contribution < 1.29 is 37.3 Å². The number of quaternary nitrogens is 1. The van der Waals surface area contributed by atoms with Crippen LogP contribution in [0.2, 0.25) is 0 Å². The fraction of sp³-hybridized carbons (Fsp3) is 0.860. The number of phosphoric acid groups is 1. The molecule has 9 heteroatoms. The van der Waals surface area contributed by atoms with E-state index in [1.807, 2.05) is 21.1 Å². The molecule has 0 saturated heterocycles. The molecule has 0 aromatic rings. The van der Waals surface area contributed by atoms with E-state index in [2.05, 4.69) is 50.3 Å². The number of unbranched alkanes of at least 4 members (excludes halogenated alkanes) is 26. The van der Waals surface area contributed by atoms with Crippen LogP contribution in [0, 0.1) is 0 Å². The van der Waals surface area contributed by atoms with Gasteiger partial charge in [0.1, 0.15) is 19.3 Å². The largest absolute Gasteiger partial charge is 0.756 e. The first-order valence-electron chi connectivity index (χ1n) is 24.7. The van der Waals surface area contributed by atoms with Crippen molar-refractivity contribution in [1.82, 2.24) is 0 Å². The molecule has 0 heterocycles. The molecule has 0 aromatic carbocycles. The number of ether oxygens (including phenoxy) is 2. The van der Waals surface area contributed by atoms with Crippen LogP contribution in [0.15, 0.2) is 36.5 Å². The Morgan fingerprint density at radius 1 is 0.525 bits per heavy atom. The predicted octanol–water partition coefficient (Wildman–Crippen LogP) is 14.3. The molecule has 8 nitrogen and oxygen atoms in total. The lowest BCUT2D eigenvalue weighted by Crippen LogP contribution is -2.37. The Kier molecular flexibility index (Phi) is 42.4. The van der Waals surface area contributed by atoms with E-state index in [1.54, 1.807) is 0 Å². The normalized spacial score (nSPS) is 13.9. The molecule has 0 fully saturated rings. The maximum Gasteiger partial charge on any atom is 0.306 e. The molecule has 0 rings (SSSR count). The summed E-state index contributed by atoms with van der Waals surface area (Å²) in [5.41, 5.74) is 0. The molecule has 348 valence electrons. The number of likely N-dealkylation sites (N-methyl/N-ethyl adjacent to an activating group) is 1. The van der Waals surface area contributed by atoms with Crippen molar-refractivity contribution in [2.24, 2.45) is 0 Å². The smallest absolute Gasteiger partial charge is 0.306 e. The summed E-state index contributed by atoms with van der Waals surface area (Å²) in [6.07, 6.45) is 51.8. The number of rotatable bonds is 46. The number of allylic oxidation sites excluding steroid dienone is 6. The van der Waals surface area contributed by atoms with Gasteiger partial charge in [-0.15, -0.1) is 0 Å². The first-order valence-corrected chi connectivity index (χ1v) is 26.2. The summed E-state index contributed by atoms with van der Waals surface area (Å²) in [5.74, 6) is -0.343. The van der Waals surface area contributed by atoms with Crippen molar-refractivity contribution in [3.05, 3.63) is 36.5 Å². The zero-order valence-corrected chi connectivity index (χ0v) is 40.4. The van der Waals surface area contributed by atoms with Crippen LogP contribution in [0.4, 0.5) is 0 Å². The highest BCUT2D eigenvalue weighted by atomic mass is 31.2. The maximum absolute atomic E-state index is 12.7. The molecule has 59 heavy (non-hydrogen) atoms. The number of nitrogens with zero attached hydrogens (tertiary/aromatic N) is 1. The van der Waals surface area contributed by atoms with Gasteiger partial charge in [0.25, 0.3) is 7.82 Å². The fourth-order valence-electron chi connectivity index (χ4n) is 6.79. The van der Waals surface area contributed by atoms with Gasteiger partial charge < -0.3 is 27.9 Å². The number of carbonyl (C=O) groups excluding carboxylic acids is 1. The molecular formula is C50H96NO7P. The lowest BCUT2D eigenvalue weighted by molar-refractivity contribution is -0.870. The Labute approximate surface area is 365 Å². The van der Waals surface area contributed by atoms with Crippen LogP contribution >= 0.6 is 7.82 Å². The summed E-state index contributed by atoms with van der Waals surface area (Å²) >= 11 is 0. The highest BCUT2D eigenvalue weighted by Gasteiger charge is 2.20. The van der Waals surface area contributed by atoms with Crippen LogP contribution in [0.5, 0.6) is 0 Å². The summed E-state index contributed by atoms with van der Waals surface area (Å²) in [4.78, 5) is 25.0. The minimum Gasteiger partial charge on any atom is -0.756 e. The van der Waals surface area contributed by atoms with Crippen molar-refractivity contribution >= 4 is 13.8 Å². The molecule has 0 aliphatic rings. The molecule has 0 aliphatic heterocycles. The monoisotopic (exact) mass is 854 g/mol. The van der Waals surface area contributed by atoms with E-state index in [-0.39, 0.29) is 25.8 Å². The van der Waals surface area contributed by atoms with Crippen LogP contribution in [0.3, 0.4) is 0 Å². The molecular weight excluding hydrogens is 758 g/mol. The summed E-state index contributed by atoms with van der Waals surface area (Å²) in [7, 11) is 1.35. The van der Waals surface area contributed by atoms with E-state index < -0.39 is 13.9 Å². The van der Waals surface area contributed by atoms with Crippen molar-refractivity contribution in [3.8, 4) is 0 Å². The standard InChI is InChI=1S/C50H96NO7P/c1-6-8-10-12-14-16-18-19-20-21-22-23-24-25-26-27-28-29-30-31-32-34-36-38-40-42-45-55-47-49(48-57-59(53,54)56-46-44-51(3,4)5)58-50(52)43-41-39-37-35-33-17-15-13-11-9-7-2/h13,15,18-19,21-22,49H,6-12,14,16-17,20,23-48H2,1-5H3/b15-13-,19-18-,22-21-. The van der Waals surface area contributed by atoms with Crippen LogP contribution in [0.1, 0.15) is 219 Å². The van der Waals surface area contributed by atoms with E-state index in [4.69, 9.17) is 18.5 Å². The van der Waals surface area contributed by atoms with Crippen LogP contribution in [0.25, 0.3) is 0 Å². The second-order valence-electron chi connectivity index (χ2n) is 17.8. The lowest BCUT2D eigenvalue weighted by Gasteiger charge is -2.28. The van der Waals surface area contributed by atoms with Gasteiger partial charge >= 0.3 is 5.97 Å². The van der Waals surface area contributed by atoms with Crippen LogP contribution in [-0.2, 0) is 27.9 Å². The molecule has 2 unspecified atom stereocenters. The number of phosphoric ester groups is 1. The summed E-state index contributed by atoms with van der Waals surface area (Å²) < 4.78 is 34.6. The molecule has 2 atom stereocenters. The molecule has 0 spiro atoms. The van der Waals surface area contributed by atoms with Gasteiger partial charge in [0.15, 0.2) is 0 Å². The van der Waals surface area contributed by atoms with E-state index in [9.17, 15) is 14.3 Å². The molecule has 0 amide bonds. The van der Waals surface area contributed by atoms with Crippen molar-refractivity contribution in [2.45, 2.75) is 225 Å². The van der Waals surface area contributed by atoms with Crippen molar-refractivity contribution in [1.29, 1.82) is 0 Å². The predicted molar refractivity (Wildman–Crippen MR) is 250 cm³/mol. The van der Waals surface area contributed by atoms with E-state index in [0.717, 1.165) is 51.4 Å². The zero-order chi connectivity index (χ0) is 43.4. The van der Waals surface area contributed by atoms with Crippen molar-refractivity contribution in [3.63, 3.8) is 0 Å². The Bertz CT molecular complexity index is 1040. The highest BCUT2D eigenvalue weighted by molar-refractivity contribution is 7.45. The van der Waals surface area contributed by atoms with Crippen LogP contribution in [-0.4, -0.2) is 70.7 Å². The Hall–Kier alpha value is -1.28. The average molecular weight is 854 g/mol. The van der Waals surface area contributed by atoms with Gasteiger partial charge in [0.2, 0.25) is 0 Å². The molecule has 0 aliphatic carbocycles. The second kappa shape index (κ2) is 43.4. The Morgan fingerprint density at radius 3 is 1.44 bits per heavy atom. The number of hydrogen-bond donors (Lipinski definition) is 0. The SMILES string of the molecule is CCCC/C=C\CCCCCCCC(=O)OC(COCCCCCCCCCCCCCCCC/C=C\C/C=C\CCCCCCC)COP(=O)([O-])OCC[N+](C)(C)C. The molecule has 0 N–H and O–H groups in total. The average Bonchev–Trinajstić information content (AvgIpc) is 3.19. The second-order valence-corrected chi connectivity index (χ2v) is 19.2. The van der Waals surface area contributed by atoms with Gasteiger partial charge in [-0.1, -0.05) is 185 Å². The molecule has 0 radical (unpaired) electrons. The summed E-state index contributed by atoms with van der Waals surface area (Å²) in [5, 5.41) is 0. The van der Waals surface area contributed by atoms with Gasteiger partial charge in [-0.3, -0.25) is 9.36 Å². The van der Waals surface area contributed by atoms with E-state index in [0.29, 0.717) is 24.1 Å². The quantitative estimate of drug-likeness (QED) is 0.0198. The van der Waals surface area contributed by atoms with Gasteiger partial charge in [0, 0.05) is 13.0 Å². The molecule has 0 aromatic heterocycles. The topological polar surface area (TPSA) is 94.1 Å². The third kappa shape index (κ3) is 47.6. The fourth-order valence-corrected chi connectivity index (χ4v) is 7.52. The third-order valence-corrected chi connectivity index (χ3v) is 11.6. The Balaban J connectivity index is 4.02. The van der Waals surface area contributed by atoms with Gasteiger partial charge in [0.05, 0.1) is 34.4 Å². The van der Waals surface area contributed by atoms with Crippen molar-refractivity contribution in [2.75, 3.05) is 54.1 Å². The summed E-state index contributed by atoms with van der Waals surface area (Å²) in [6.45, 7) is 5.37. The lowest BCUT2D eigenvalue weighted by atomic mass is 10.0. The van der Waals surface area contributed by atoms with Gasteiger partial charge in [-0.25, -0.2) is 0 Å². The number of hydrogen-bond acceptors (Lipinski definition) is 7. The number of esters is 1. The molecule has 0 bridgehead atoms. The van der Waals surface area contributed by atoms with Gasteiger partial charge in [-0.2, -0.15) is 0 Å². The highest BCUT2D eigenvalue weighted by Crippen LogP contribution is 2.38. The first kappa shape index (κ1) is 57.7. The minimum absolute atomic E-state index is 0.0250.